The third kappa shape index (κ3) is 5.68. The number of nitro benzene ring substituents is 1. The van der Waals surface area contributed by atoms with Crippen molar-refractivity contribution in [3.05, 3.63) is 64.2 Å². The van der Waals surface area contributed by atoms with E-state index >= 15 is 0 Å². The number of carbonyl (C=O) groups is 1. The van der Waals surface area contributed by atoms with Gasteiger partial charge in [-0.2, -0.15) is 0 Å². The summed E-state index contributed by atoms with van der Waals surface area (Å²) in [5, 5.41) is 13.9. The van der Waals surface area contributed by atoms with Gasteiger partial charge in [-0.05, 0) is 23.8 Å². The van der Waals surface area contributed by atoms with Gasteiger partial charge in [-0.3, -0.25) is 19.8 Å². The Bertz CT molecular complexity index is 852. The van der Waals surface area contributed by atoms with E-state index in [0.29, 0.717) is 19.8 Å². The molecule has 160 valence electrons. The van der Waals surface area contributed by atoms with Crippen LogP contribution in [0.4, 0.5) is 5.69 Å². The number of carbonyl (C=O) groups excluding carboxylic acids is 1. The minimum Gasteiger partial charge on any atom is -0.497 e. The molecule has 1 aliphatic heterocycles. The van der Waals surface area contributed by atoms with Gasteiger partial charge in [0.25, 0.3) is 5.91 Å². The lowest BCUT2D eigenvalue weighted by atomic mass is 10.0. The molecule has 2 aromatic rings. The van der Waals surface area contributed by atoms with Crippen molar-refractivity contribution in [2.45, 2.75) is 6.04 Å². The summed E-state index contributed by atoms with van der Waals surface area (Å²) in [6, 6.07) is 13.7. The van der Waals surface area contributed by atoms with Crippen molar-refractivity contribution in [1.29, 1.82) is 0 Å². The van der Waals surface area contributed by atoms with E-state index in [-0.39, 0.29) is 30.0 Å². The van der Waals surface area contributed by atoms with Crippen LogP contribution in [0.15, 0.2) is 48.5 Å². The number of benzene rings is 2. The number of hydrogen-bond acceptors (Lipinski definition) is 7. The Labute approximate surface area is 174 Å². The van der Waals surface area contributed by atoms with E-state index < -0.39 is 4.92 Å². The van der Waals surface area contributed by atoms with Crippen LogP contribution in [0.25, 0.3) is 0 Å². The maximum atomic E-state index is 12.3. The molecule has 0 saturated carbocycles. The van der Waals surface area contributed by atoms with Crippen molar-refractivity contribution in [3.63, 3.8) is 0 Å². The summed E-state index contributed by atoms with van der Waals surface area (Å²) >= 11 is 0. The monoisotopic (exact) mass is 415 g/mol. The zero-order valence-electron chi connectivity index (χ0n) is 16.8. The second-order valence-electron chi connectivity index (χ2n) is 6.75. The fraction of sp³-hybridized carbons (Fsp3) is 0.381. The molecule has 1 amide bonds. The van der Waals surface area contributed by atoms with Gasteiger partial charge in [-0.1, -0.05) is 24.3 Å². The van der Waals surface area contributed by atoms with Gasteiger partial charge >= 0.3 is 5.69 Å². The number of nitrogens with one attached hydrogen (secondary N) is 1. The first-order chi connectivity index (χ1) is 14.6. The maximum absolute atomic E-state index is 12.3. The number of para-hydroxylation sites is 2. The first kappa shape index (κ1) is 21.5. The van der Waals surface area contributed by atoms with Crippen LogP contribution >= 0.6 is 0 Å². The molecular weight excluding hydrogens is 390 g/mol. The largest absolute Gasteiger partial charge is 0.497 e. The van der Waals surface area contributed by atoms with Gasteiger partial charge in [0.1, 0.15) is 5.75 Å². The molecule has 30 heavy (non-hydrogen) atoms. The Kier molecular flexibility index (Phi) is 7.58. The average molecular weight is 415 g/mol. The van der Waals surface area contributed by atoms with Crippen molar-refractivity contribution in [1.82, 2.24) is 10.2 Å². The molecular formula is C21H25N3O6. The molecule has 9 nitrogen and oxygen atoms in total. The van der Waals surface area contributed by atoms with E-state index in [2.05, 4.69) is 10.2 Å². The van der Waals surface area contributed by atoms with E-state index in [1.165, 1.54) is 12.1 Å². The van der Waals surface area contributed by atoms with Gasteiger partial charge < -0.3 is 19.5 Å². The molecule has 1 heterocycles. The quantitative estimate of drug-likeness (QED) is 0.494. The van der Waals surface area contributed by atoms with E-state index in [1.807, 2.05) is 24.3 Å². The SMILES string of the molecule is COc1ccc([C@H](CNC(=O)COc2ccccc2[N+](=O)[O-])N2CCOCC2)cc1. The highest BCUT2D eigenvalue weighted by Gasteiger charge is 2.23. The molecule has 2 aromatic carbocycles. The number of nitro groups is 1. The van der Waals surface area contributed by atoms with Crippen LogP contribution in [0.3, 0.4) is 0 Å². The van der Waals surface area contributed by atoms with E-state index in [9.17, 15) is 14.9 Å². The summed E-state index contributed by atoms with van der Waals surface area (Å²) in [7, 11) is 1.62. The second-order valence-corrected chi connectivity index (χ2v) is 6.75. The van der Waals surface area contributed by atoms with Crippen molar-refractivity contribution in [2.24, 2.45) is 0 Å². The molecule has 0 aromatic heterocycles. The molecule has 0 spiro atoms. The highest BCUT2D eigenvalue weighted by atomic mass is 16.6. The van der Waals surface area contributed by atoms with Crippen molar-refractivity contribution < 1.29 is 23.9 Å². The fourth-order valence-corrected chi connectivity index (χ4v) is 3.31. The Morgan fingerprint density at radius 1 is 1.20 bits per heavy atom. The molecule has 1 N–H and O–H groups in total. The highest BCUT2D eigenvalue weighted by molar-refractivity contribution is 5.77. The lowest BCUT2D eigenvalue weighted by Crippen LogP contribution is -2.44. The fourth-order valence-electron chi connectivity index (χ4n) is 3.31. The number of amides is 1. The first-order valence-corrected chi connectivity index (χ1v) is 9.67. The third-order valence-electron chi connectivity index (χ3n) is 4.90. The number of hydrogen-bond donors (Lipinski definition) is 1. The Morgan fingerprint density at radius 2 is 1.90 bits per heavy atom. The van der Waals surface area contributed by atoms with Crippen molar-refractivity contribution in [2.75, 3.05) is 46.6 Å². The molecule has 0 unspecified atom stereocenters. The Morgan fingerprint density at radius 3 is 2.57 bits per heavy atom. The Hall–Kier alpha value is -3.17. The lowest BCUT2D eigenvalue weighted by molar-refractivity contribution is -0.385. The van der Waals surface area contributed by atoms with Gasteiger partial charge in [-0.15, -0.1) is 0 Å². The van der Waals surface area contributed by atoms with Crippen LogP contribution in [-0.4, -0.2) is 62.3 Å². The molecule has 1 saturated heterocycles. The molecule has 1 fully saturated rings. The maximum Gasteiger partial charge on any atom is 0.310 e. The number of morpholine rings is 1. The van der Waals surface area contributed by atoms with Crippen molar-refractivity contribution >= 4 is 11.6 Å². The lowest BCUT2D eigenvalue weighted by Gasteiger charge is -2.35. The standard InChI is InChI=1S/C21H25N3O6/c1-28-17-8-6-16(7-9-17)19(23-10-12-29-13-11-23)14-22-21(25)15-30-20-5-3-2-4-18(20)24(26)27/h2-9,19H,10-15H2,1H3,(H,22,25)/t19-/m0/s1. The summed E-state index contributed by atoms with van der Waals surface area (Å²) in [5.41, 5.74) is 0.882. The smallest absolute Gasteiger partial charge is 0.310 e. The molecule has 1 aliphatic rings. The number of methoxy groups -OCH3 is 1. The average Bonchev–Trinajstić information content (AvgIpc) is 2.79. The number of rotatable bonds is 9. The molecule has 0 bridgehead atoms. The predicted molar refractivity (Wildman–Crippen MR) is 110 cm³/mol. The summed E-state index contributed by atoms with van der Waals surface area (Å²) in [6.07, 6.45) is 0. The highest BCUT2D eigenvalue weighted by Crippen LogP contribution is 2.26. The van der Waals surface area contributed by atoms with Gasteiger partial charge in [-0.25, -0.2) is 0 Å². The number of ether oxygens (including phenoxy) is 3. The first-order valence-electron chi connectivity index (χ1n) is 9.67. The molecule has 3 rings (SSSR count). The van der Waals surface area contributed by atoms with E-state index in [1.54, 1.807) is 19.2 Å². The summed E-state index contributed by atoms with van der Waals surface area (Å²) in [6.45, 7) is 2.88. The second kappa shape index (κ2) is 10.6. The summed E-state index contributed by atoms with van der Waals surface area (Å²) < 4.78 is 16.0. The number of nitrogens with zero attached hydrogens (tertiary/aromatic N) is 2. The van der Waals surface area contributed by atoms with Gasteiger partial charge in [0.05, 0.1) is 31.3 Å². The summed E-state index contributed by atoms with van der Waals surface area (Å²) in [4.78, 5) is 25.1. The van der Waals surface area contributed by atoms with Crippen LogP contribution in [-0.2, 0) is 9.53 Å². The third-order valence-corrected chi connectivity index (χ3v) is 4.90. The molecule has 1 atom stereocenters. The van der Waals surface area contributed by atoms with Gasteiger partial charge in [0.15, 0.2) is 12.4 Å². The molecule has 9 heteroatoms. The van der Waals surface area contributed by atoms with Gasteiger partial charge in [0, 0.05) is 25.7 Å². The normalized spacial score (nSPS) is 15.2. The van der Waals surface area contributed by atoms with Gasteiger partial charge in [0.2, 0.25) is 0 Å². The predicted octanol–water partition coefficient (Wildman–Crippen LogP) is 2.17. The zero-order valence-corrected chi connectivity index (χ0v) is 16.8. The zero-order chi connectivity index (χ0) is 21.3. The van der Waals surface area contributed by atoms with Crippen LogP contribution in [0.5, 0.6) is 11.5 Å². The van der Waals surface area contributed by atoms with E-state index in [0.717, 1.165) is 24.4 Å². The Balaban J connectivity index is 1.61. The summed E-state index contributed by atoms with van der Waals surface area (Å²) in [5.74, 6) is 0.485. The van der Waals surface area contributed by atoms with Crippen LogP contribution in [0.2, 0.25) is 0 Å². The van der Waals surface area contributed by atoms with Crippen LogP contribution in [0.1, 0.15) is 11.6 Å². The molecule has 0 radical (unpaired) electrons. The van der Waals surface area contributed by atoms with Crippen LogP contribution < -0.4 is 14.8 Å². The van der Waals surface area contributed by atoms with Crippen molar-refractivity contribution in [3.8, 4) is 11.5 Å². The minimum absolute atomic E-state index is 0.0326. The van der Waals surface area contributed by atoms with E-state index in [4.69, 9.17) is 14.2 Å². The van der Waals surface area contributed by atoms with Crippen LogP contribution in [0, 0.1) is 10.1 Å². The minimum atomic E-state index is -0.536. The molecule has 0 aliphatic carbocycles. The topological polar surface area (TPSA) is 103 Å².